The second kappa shape index (κ2) is 11.0. The van der Waals surface area contributed by atoms with Crippen molar-refractivity contribution >= 4 is 11.7 Å². The van der Waals surface area contributed by atoms with Crippen LogP contribution in [0.2, 0.25) is 0 Å². The maximum Gasteiger partial charge on any atom is 0.220 e. The fourth-order valence-corrected chi connectivity index (χ4v) is 2.44. The molecule has 2 rings (SSSR count). The number of nitrogens with one attached hydrogen (secondary N) is 1. The van der Waals surface area contributed by atoms with Crippen molar-refractivity contribution in [2.24, 2.45) is 0 Å². The molecule has 0 aliphatic carbocycles. The molecule has 0 saturated heterocycles. The minimum Gasteiger partial charge on any atom is -0.497 e. The second-order valence-corrected chi connectivity index (χ2v) is 6.01. The summed E-state index contributed by atoms with van der Waals surface area (Å²) in [7, 11) is 1.57. The molecule has 0 heterocycles. The largest absolute Gasteiger partial charge is 0.497 e. The summed E-state index contributed by atoms with van der Waals surface area (Å²) in [5.74, 6) is 0.923. The van der Waals surface area contributed by atoms with Crippen LogP contribution in [0.15, 0.2) is 48.5 Å². The quantitative estimate of drug-likeness (QED) is 0.481. The van der Waals surface area contributed by atoms with Gasteiger partial charge in [-0.25, -0.2) is 4.39 Å². The fourth-order valence-electron chi connectivity index (χ4n) is 2.44. The molecule has 0 unspecified atom stereocenters. The van der Waals surface area contributed by atoms with Crippen LogP contribution in [0.5, 0.6) is 11.5 Å². The lowest BCUT2D eigenvalue weighted by Crippen LogP contribution is -2.25. The Balaban J connectivity index is 1.55. The van der Waals surface area contributed by atoms with Gasteiger partial charge in [-0.2, -0.15) is 0 Å². The first kappa shape index (κ1) is 20.4. The summed E-state index contributed by atoms with van der Waals surface area (Å²) in [4.78, 5) is 23.9. The maximum absolute atomic E-state index is 12.8. The molecule has 0 bridgehead atoms. The van der Waals surface area contributed by atoms with Crippen molar-refractivity contribution < 1.29 is 23.5 Å². The minimum atomic E-state index is -0.305. The number of amides is 1. The third kappa shape index (κ3) is 7.48. The van der Waals surface area contributed by atoms with Gasteiger partial charge in [-0.1, -0.05) is 0 Å². The normalized spacial score (nSPS) is 10.3. The highest BCUT2D eigenvalue weighted by Crippen LogP contribution is 2.14. The van der Waals surface area contributed by atoms with Crippen molar-refractivity contribution in [3.05, 3.63) is 59.9 Å². The molecular weight excluding hydrogens is 349 g/mol. The van der Waals surface area contributed by atoms with E-state index >= 15 is 0 Å². The zero-order valence-electron chi connectivity index (χ0n) is 15.4. The Labute approximate surface area is 158 Å². The van der Waals surface area contributed by atoms with Gasteiger partial charge in [0.25, 0.3) is 0 Å². The molecule has 5 nitrogen and oxygen atoms in total. The Kier molecular flexibility index (Phi) is 8.29. The van der Waals surface area contributed by atoms with E-state index in [1.54, 1.807) is 43.5 Å². The molecule has 2 aromatic carbocycles. The average Bonchev–Trinajstić information content (AvgIpc) is 2.69. The standard InChI is InChI=1S/C21H24FNO4/c1-26-18-10-6-16(7-11-18)20(24)4-2-5-21(25)23-14-3-15-27-19-12-8-17(22)9-13-19/h6-13H,2-5,14-15H2,1H3,(H,23,25). The highest BCUT2D eigenvalue weighted by Gasteiger charge is 2.08. The number of carbonyl (C=O) groups excluding carboxylic acids is 2. The number of methoxy groups -OCH3 is 1. The number of benzene rings is 2. The number of ketones is 1. The van der Waals surface area contributed by atoms with E-state index < -0.39 is 0 Å². The van der Waals surface area contributed by atoms with E-state index in [1.165, 1.54) is 12.1 Å². The molecule has 0 atom stereocenters. The van der Waals surface area contributed by atoms with Crippen LogP contribution in [-0.2, 0) is 4.79 Å². The van der Waals surface area contributed by atoms with Gasteiger partial charge in [0.1, 0.15) is 17.3 Å². The highest BCUT2D eigenvalue weighted by molar-refractivity contribution is 5.96. The summed E-state index contributed by atoms with van der Waals surface area (Å²) in [5.41, 5.74) is 0.620. The zero-order valence-corrected chi connectivity index (χ0v) is 15.4. The lowest BCUT2D eigenvalue weighted by Gasteiger charge is -2.07. The SMILES string of the molecule is COc1ccc(C(=O)CCCC(=O)NCCCOc2ccc(F)cc2)cc1. The van der Waals surface area contributed by atoms with Crippen molar-refractivity contribution in [1.82, 2.24) is 5.32 Å². The predicted octanol–water partition coefficient (Wildman–Crippen LogP) is 3.77. The van der Waals surface area contributed by atoms with Crippen molar-refractivity contribution in [1.29, 1.82) is 0 Å². The lowest BCUT2D eigenvalue weighted by atomic mass is 10.1. The van der Waals surface area contributed by atoms with E-state index in [0.29, 0.717) is 55.9 Å². The first-order valence-corrected chi connectivity index (χ1v) is 8.91. The Morgan fingerprint density at radius 3 is 2.26 bits per heavy atom. The summed E-state index contributed by atoms with van der Waals surface area (Å²) in [6.07, 6.45) is 1.78. The van der Waals surface area contributed by atoms with Gasteiger partial charge in [0.05, 0.1) is 13.7 Å². The van der Waals surface area contributed by atoms with E-state index in [9.17, 15) is 14.0 Å². The molecule has 6 heteroatoms. The summed E-state index contributed by atoms with van der Waals surface area (Å²) in [5, 5.41) is 2.80. The number of hydrogen-bond donors (Lipinski definition) is 1. The molecular formula is C21H24FNO4. The third-order valence-electron chi connectivity index (χ3n) is 3.95. The average molecular weight is 373 g/mol. The van der Waals surface area contributed by atoms with Crippen LogP contribution in [-0.4, -0.2) is 32.0 Å². The molecule has 1 amide bonds. The molecule has 0 radical (unpaired) electrons. The van der Waals surface area contributed by atoms with Crippen LogP contribution in [0.1, 0.15) is 36.0 Å². The molecule has 27 heavy (non-hydrogen) atoms. The lowest BCUT2D eigenvalue weighted by molar-refractivity contribution is -0.121. The summed E-state index contributed by atoms with van der Waals surface area (Å²) < 4.78 is 23.3. The van der Waals surface area contributed by atoms with E-state index in [0.717, 1.165) is 0 Å². The highest BCUT2D eigenvalue weighted by atomic mass is 19.1. The molecule has 0 saturated carbocycles. The smallest absolute Gasteiger partial charge is 0.220 e. The van der Waals surface area contributed by atoms with Gasteiger partial charge >= 0.3 is 0 Å². The molecule has 0 aromatic heterocycles. The third-order valence-corrected chi connectivity index (χ3v) is 3.95. The van der Waals surface area contributed by atoms with Gasteiger partial charge in [0.2, 0.25) is 5.91 Å². The van der Waals surface area contributed by atoms with Crippen LogP contribution in [0.4, 0.5) is 4.39 Å². The van der Waals surface area contributed by atoms with Gasteiger partial charge in [0.15, 0.2) is 5.78 Å². The Morgan fingerprint density at radius 1 is 0.926 bits per heavy atom. The molecule has 0 aliphatic heterocycles. The fraction of sp³-hybridized carbons (Fsp3) is 0.333. The van der Waals surface area contributed by atoms with E-state index in [1.807, 2.05) is 0 Å². The monoisotopic (exact) mass is 373 g/mol. The van der Waals surface area contributed by atoms with E-state index in [2.05, 4.69) is 5.32 Å². The van der Waals surface area contributed by atoms with E-state index in [-0.39, 0.29) is 17.5 Å². The Hall–Kier alpha value is -2.89. The second-order valence-electron chi connectivity index (χ2n) is 6.01. The molecule has 0 spiro atoms. The zero-order chi connectivity index (χ0) is 19.5. The molecule has 0 aliphatic rings. The molecule has 2 aromatic rings. The van der Waals surface area contributed by atoms with E-state index in [4.69, 9.17) is 9.47 Å². The molecule has 1 N–H and O–H groups in total. The first-order valence-electron chi connectivity index (χ1n) is 8.91. The Morgan fingerprint density at radius 2 is 1.59 bits per heavy atom. The summed E-state index contributed by atoms with van der Waals surface area (Å²) in [6.45, 7) is 0.925. The maximum atomic E-state index is 12.8. The van der Waals surface area contributed by atoms with Gasteiger partial charge in [-0.15, -0.1) is 0 Å². The molecule has 0 fully saturated rings. The minimum absolute atomic E-state index is 0.0122. The van der Waals surface area contributed by atoms with Crippen molar-refractivity contribution in [3.63, 3.8) is 0 Å². The Bertz CT molecular complexity index is 729. The van der Waals surface area contributed by atoms with Crippen molar-refractivity contribution in [3.8, 4) is 11.5 Å². The number of hydrogen-bond acceptors (Lipinski definition) is 4. The first-order chi connectivity index (χ1) is 13.1. The van der Waals surface area contributed by atoms with Gasteiger partial charge in [-0.3, -0.25) is 9.59 Å². The van der Waals surface area contributed by atoms with Crippen LogP contribution in [0.3, 0.4) is 0 Å². The van der Waals surface area contributed by atoms with Gasteiger partial charge in [0, 0.05) is 24.9 Å². The van der Waals surface area contributed by atoms with Crippen molar-refractivity contribution in [2.75, 3.05) is 20.3 Å². The van der Waals surface area contributed by atoms with Gasteiger partial charge < -0.3 is 14.8 Å². The van der Waals surface area contributed by atoms with Crippen LogP contribution in [0.25, 0.3) is 0 Å². The van der Waals surface area contributed by atoms with Crippen LogP contribution >= 0.6 is 0 Å². The number of carbonyl (C=O) groups is 2. The van der Waals surface area contributed by atoms with Crippen molar-refractivity contribution in [2.45, 2.75) is 25.7 Å². The summed E-state index contributed by atoms with van der Waals surface area (Å²) >= 11 is 0. The number of Topliss-reactive ketones (excluding diaryl/α,β-unsaturated/α-hetero) is 1. The van der Waals surface area contributed by atoms with Gasteiger partial charge in [-0.05, 0) is 61.4 Å². The predicted molar refractivity (Wildman–Crippen MR) is 101 cm³/mol. The topological polar surface area (TPSA) is 64.6 Å². The number of halogens is 1. The molecule has 144 valence electrons. The number of rotatable bonds is 11. The van der Waals surface area contributed by atoms with Crippen LogP contribution < -0.4 is 14.8 Å². The number of ether oxygens (including phenoxy) is 2. The van der Waals surface area contributed by atoms with Crippen LogP contribution in [0, 0.1) is 5.82 Å². The summed E-state index contributed by atoms with van der Waals surface area (Å²) in [6, 6.07) is 12.7.